The highest BCUT2D eigenvalue weighted by Crippen LogP contribution is 2.47. The fraction of sp³-hybridized carbons (Fsp3) is 0.455. The third-order valence-electron chi connectivity index (χ3n) is 1.76. The van der Waals surface area contributed by atoms with E-state index in [0.29, 0.717) is 5.30 Å². The van der Waals surface area contributed by atoms with Crippen molar-refractivity contribution in [3.05, 3.63) is 30.3 Å². The van der Waals surface area contributed by atoms with Crippen LogP contribution in [0.15, 0.2) is 30.3 Å². The molecule has 0 aliphatic rings. The molecule has 0 amide bonds. The second-order valence-corrected chi connectivity index (χ2v) is 6.68. The highest BCUT2D eigenvalue weighted by atomic mass is 31.2. The molecule has 0 saturated heterocycles. The lowest BCUT2D eigenvalue weighted by molar-refractivity contribution is 0.130. The molecule has 1 unspecified atom stereocenters. The second-order valence-electron chi connectivity index (χ2n) is 4.35. The van der Waals surface area contributed by atoms with Crippen LogP contribution in [0.25, 0.3) is 0 Å². The Kier molecular flexibility index (Phi) is 3.72. The molecule has 84 valence electrons. The molecule has 15 heavy (non-hydrogen) atoms. The standard InChI is InChI=1S/C11H17O3P/c1-11(2,3)14-15(13,9-12)10-7-5-4-6-8-10/h4-8,12H,9H2,1-3H3. The van der Waals surface area contributed by atoms with Gasteiger partial charge < -0.3 is 9.63 Å². The summed E-state index contributed by atoms with van der Waals surface area (Å²) < 4.78 is 17.8. The largest absolute Gasteiger partial charge is 0.386 e. The van der Waals surface area contributed by atoms with Crippen LogP contribution in [0.2, 0.25) is 0 Å². The molecule has 0 saturated carbocycles. The Morgan fingerprint density at radius 2 is 1.80 bits per heavy atom. The van der Waals surface area contributed by atoms with E-state index in [9.17, 15) is 9.67 Å². The smallest absolute Gasteiger partial charge is 0.257 e. The predicted molar refractivity (Wildman–Crippen MR) is 61.6 cm³/mol. The average molecular weight is 228 g/mol. The number of aliphatic hydroxyl groups excluding tert-OH is 1. The SMILES string of the molecule is CC(C)(C)OP(=O)(CO)c1ccccc1. The van der Waals surface area contributed by atoms with Gasteiger partial charge in [-0.25, -0.2) is 0 Å². The summed E-state index contributed by atoms with van der Waals surface area (Å²) in [6, 6.07) is 8.82. The second kappa shape index (κ2) is 4.48. The summed E-state index contributed by atoms with van der Waals surface area (Å²) in [5, 5.41) is 9.77. The van der Waals surface area contributed by atoms with Gasteiger partial charge in [-0.2, -0.15) is 0 Å². The minimum absolute atomic E-state index is 0.464. The summed E-state index contributed by atoms with van der Waals surface area (Å²) in [7, 11) is -3.12. The first-order chi connectivity index (χ1) is 6.87. The molecule has 1 N–H and O–H groups in total. The third kappa shape index (κ3) is 3.45. The molecule has 3 nitrogen and oxygen atoms in total. The van der Waals surface area contributed by atoms with E-state index >= 15 is 0 Å². The van der Waals surface area contributed by atoms with E-state index in [2.05, 4.69) is 0 Å². The topological polar surface area (TPSA) is 46.5 Å². The lowest BCUT2D eigenvalue weighted by atomic mass is 10.2. The Labute approximate surface area is 90.5 Å². The van der Waals surface area contributed by atoms with Crippen molar-refractivity contribution in [2.45, 2.75) is 26.4 Å². The zero-order valence-electron chi connectivity index (χ0n) is 9.30. The summed E-state index contributed by atoms with van der Waals surface area (Å²) >= 11 is 0. The third-order valence-corrected chi connectivity index (χ3v) is 4.06. The predicted octanol–water partition coefficient (Wildman–Crippen LogP) is 2.35. The van der Waals surface area contributed by atoms with E-state index in [1.54, 1.807) is 24.3 Å². The molecular formula is C11H17O3P. The van der Waals surface area contributed by atoms with Gasteiger partial charge in [-0.3, -0.25) is 4.57 Å². The zero-order valence-corrected chi connectivity index (χ0v) is 10.2. The van der Waals surface area contributed by atoms with Crippen molar-refractivity contribution < 1.29 is 14.2 Å². The van der Waals surface area contributed by atoms with Crippen molar-refractivity contribution >= 4 is 12.7 Å². The molecule has 0 spiro atoms. The quantitative estimate of drug-likeness (QED) is 0.808. The van der Waals surface area contributed by atoms with E-state index < -0.39 is 19.3 Å². The minimum atomic E-state index is -3.12. The van der Waals surface area contributed by atoms with Crippen molar-refractivity contribution in [2.24, 2.45) is 0 Å². The van der Waals surface area contributed by atoms with Crippen LogP contribution in [-0.4, -0.2) is 17.1 Å². The number of hydrogen-bond donors (Lipinski definition) is 1. The summed E-state index contributed by atoms with van der Waals surface area (Å²) in [4.78, 5) is 0. The summed E-state index contributed by atoms with van der Waals surface area (Å²) in [5.74, 6) is 0. The van der Waals surface area contributed by atoms with Crippen LogP contribution in [0.4, 0.5) is 0 Å². The molecule has 0 bridgehead atoms. The molecule has 0 heterocycles. The van der Waals surface area contributed by atoms with E-state index in [0.717, 1.165) is 0 Å². The number of hydrogen-bond acceptors (Lipinski definition) is 3. The molecule has 1 atom stereocenters. The molecule has 1 aromatic carbocycles. The van der Waals surface area contributed by atoms with Crippen LogP contribution >= 0.6 is 7.37 Å². The molecule has 4 heteroatoms. The van der Waals surface area contributed by atoms with Crippen LogP contribution in [0.5, 0.6) is 0 Å². The van der Waals surface area contributed by atoms with Crippen LogP contribution in [0.3, 0.4) is 0 Å². The van der Waals surface area contributed by atoms with Gasteiger partial charge in [0.25, 0.3) is 7.37 Å². The normalized spacial score (nSPS) is 16.0. The van der Waals surface area contributed by atoms with Crippen molar-refractivity contribution in [3.63, 3.8) is 0 Å². The highest BCUT2D eigenvalue weighted by molar-refractivity contribution is 7.66. The molecule has 0 aliphatic carbocycles. The van der Waals surface area contributed by atoms with Crippen LogP contribution in [-0.2, 0) is 9.09 Å². The van der Waals surface area contributed by atoms with E-state index in [1.165, 1.54) is 0 Å². The summed E-state index contributed by atoms with van der Waals surface area (Å²) in [6.07, 6.45) is -0.464. The Morgan fingerprint density at radius 1 is 1.27 bits per heavy atom. The van der Waals surface area contributed by atoms with Gasteiger partial charge >= 0.3 is 0 Å². The monoisotopic (exact) mass is 228 g/mol. The minimum Gasteiger partial charge on any atom is -0.386 e. The molecule has 0 aromatic heterocycles. The first-order valence-corrected chi connectivity index (χ1v) is 6.65. The number of aliphatic hydroxyl groups is 1. The molecule has 0 fully saturated rings. The van der Waals surface area contributed by atoms with Gasteiger partial charge in [0.05, 0.1) is 5.60 Å². The molecular weight excluding hydrogens is 211 g/mol. The van der Waals surface area contributed by atoms with Crippen molar-refractivity contribution in [2.75, 3.05) is 6.35 Å². The van der Waals surface area contributed by atoms with E-state index in [4.69, 9.17) is 4.52 Å². The van der Waals surface area contributed by atoms with E-state index in [1.807, 2.05) is 26.8 Å². The lowest BCUT2D eigenvalue weighted by Gasteiger charge is -2.26. The summed E-state index contributed by atoms with van der Waals surface area (Å²) in [6.45, 7) is 5.45. The lowest BCUT2D eigenvalue weighted by Crippen LogP contribution is -2.22. The van der Waals surface area contributed by atoms with Gasteiger partial charge in [-0.1, -0.05) is 18.2 Å². The highest BCUT2D eigenvalue weighted by Gasteiger charge is 2.30. The Bertz CT molecular complexity index is 354. The molecule has 1 rings (SSSR count). The maximum atomic E-state index is 12.3. The first kappa shape index (κ1) is 12.4. The van der Waals surface area contributed by atoms with Crippen LogP contribution < -0.4 is 5.30 Å². The van der Waals surface area contributed by atoms with E-state index in [-0.39, 0.29) is 0 Å². The number of rotatable bonds is 3. The molecule has 0 aliphatic heterocycles. The van der Waals surface area contributed by atoms with Gasteiger partial charge in [-0.05, 0) is 32.9 Å². The van der Waals surface area contributed by atoms with Gasteiger partial charge in [-0.15, -0.1) is 0 Å². The maximum Gasteiger partial charge on any atom is 0.257 e. The Hall–Kier alpha value is -0.630. The zero-order chi connectivity index (χ0) is 11.5. The molecule has 1 aromatic rings. The fourth-order valence-corrected chi connectivity index (χ4v) is 3.10. The maximum absolute atomic E-state index is 12.3. The molecule has 0 radical (unpaired) electrons. The van der Waals surface area contributed by atoms with Gasteiger partial charge in [0.15, 0.2) is 0 Å². The van der Waals surface area contributed by atoms with Crippen LogP contribution in [0, 0.1) is 0 Å². The Morgan fingerprint density at radius 3 is 2.20 bits per heavy atom. The van der Waals surface area contributed by atoms with Gasteiger partial charge in [0, 0.05) is 5.30 Å². The van der Waals surface area contributed by atoms with Crippen molar-refractivity contribution in [1.29, 1.82) is 0 Å². The number of benzene rings is 1. The van der Waals surface area contributed by atoms with Gasteiger partial charge in [0.2, 0.25) is 0 Å². The fourth-order valence-electron chi connectivity index (χ4n) is 1.26. The van der Waals surface area contributed by atoms with Crippen LogP contribution in [0.1, 0.15) is 20.8 Å². The first-order valence-electron chi connectivity index (χ1n) is 4.84. The van der Waals surface area contributed by atoms with Crippen molar-refractivity contribution in [1.82, 2.24) is 0 Å². The Balaban J connectivity index is 3.02. The average Bonchev–Trinajstić information content (AvgIpc) is 2.16. The summed E-state index contributed by atoms with van der Waals surface area (Å²) in [5.41, 5.74) is -0.534. The van der Waals surface area contributed by atoms with Gasteiger partial charge in [0.1, 0.15) is 6.35 Å². The van der Waals surface area contributed by atoms with Crippen molar-refractivity contribution in [3.8, 4) is 0 Å².